The number of rotatable bonds is 4. The van der Waals surface area contributed by atoms with Crippen LogP contribution in [0.25, 0.3) is 11.0 Å². The number of hydrogen-bond acceptors (Lipinski definition) is 2. The molecule has 5 heteroatoms. The highest BCUT2D eigenvalue weighted by Crippen LogP contribution is 2.24. The Morgan fingerprint density at radius 1 is 1.33 bits per heavy atom. The molecule has 2 N–H and O–H groups in total. The lowest BCUT2D eigenvalue weighted by Gasteiger charge is -2.15. The van der Waals surface area contributed by atoms with E-state index in [0.29, 0.717) is 12.6 Å². The van der Waals surface area contributed by atoms with Crippen LogP contribution in [0.4, 0.5) is 0 Å². The Balaban J connectivity index is 0.00000220. The van der Waals surface area contributed by atoms with Gasteiger partial charge in [0, 0.05) is 24.0 Å². The first-order valence-corrected chi connectivity index (χ1v) is 7.09. The molecule has 0 radical (unpaired) electrons. The van der Waals surface area contributed by atoms with E-state index in [2.05, 4.69) is 42.5 Å². The number of aliphatic imine (C=N–C) groups is 1. The zero-order valence-electron chi connectivity index (χ0n) is 13.1. The Morgan fingerprint density at radius 3 is 2.67 bits per heavy atom. The van der Waals surface area contributed by atoms with Gasteiger partial charge in [0.05, 0.1) is 6.54 Å². The van der Waals surface area contributed by atoms with Crippen LogP contribution in [-0.2, 0) is 6.54 Å². The van der Waals surface area contributed by atoms with Gasteiger partial charge in [-0.3, -0.25) is 4.99 Å². The summed E-state index contributed by atoms with van der Waals surface area (Å²) in [6.45, 7) is 7.01. The third kappa shape index (κ3) is 4.36. The first kappa shape index (κ1) is 17.8. The van der Waals surface area contributed by atoms with Crippen molar-refractivity contribution in [3.05, 3.63) is 35.6 Å². The standard InChI is InChI=1S/C16H23N3O.HI/c1-5-11(2)19-16(17-4)18-10-15-12(3)13-8-6-7-9-14(13)20-15;/h6-9,11H,5,10H2,1-4H3,(H2,17,18,19);1H. The van der Waals surface area contributed by atoms with Gasteiger partial charge in [0.25, 0.3) is 0 Å². The van der Waals surface area contributed by atoms with Gasteiger partial charge in [-0.15, -0.1) is 24.0 Å². The van der Waals surface area contributed by atoms with Gasteiger partial charge in [-0.2, -0.15) is 0 Å². The van der Waals surface area contributed by atoms with Gasteiger partial charge in [-0.25, -0.2) is 0 Å². The van der Waals surface area contributed by atoms with E-state index >= 15 is 0 Å². The highest BCUT2D eigenvalue weighted by Gasteiger charge is 2.10. The minimum absolute atomic E-state index is 0. The number of furan rings is 1. The summed E-state index contributed by atoms with van der Waals surface area (Å²) in [5, 5.41) is 7.81. The molecule has 2 aromatic rings. The number of benzene rings is 1. The molecule has 0 spiro atoms. The third-order valence-electron chi connectivity index (χ3n) is 3.58. The molecule has 4 nitrogen and oxygen atoms in total. The molecule has 2 rings (SSSR count). The molecule has 0 bridgehead atoms. The molecule has 0 amide bonds. The Kier molecular flexibility index (Phi) is 7.01. The molecular weight excluding hydrogens is 377 g/mol. The van der Waals surface area contributed by atoms with E-state index in [1.54, 1.807) is 7.05 Å². The van der Waals surface area contributed by atoms with Gasteiger partial charge in [0.2, 0.25) is 0 Å². The van der Waals surface area contributed by atoms with Crippen LogP contribution in [0.3, 0.4) is 0 Å². The second kappa shape index (κ2) is 8.26. The third-order valence-corrected chi connectivity index (χ3v) is 3.58. The smallest absolute Gasteiger partial charge is 0.191 e. The van der Waals surface area contributed by atoms with Crippen LogP contribution in [0.1, 0.15) is 31.6 Å². The van der Waals surface area contributed by atoms with E-state index in [-0.39, 0.29) is 24.0 Å². The quantitative estimate of drug-likeness (QED) is 0.465. The molecule has 0 aliphatic rings. The molecule has 0 saturated carbocycles. The first-order chi connectivity index (χ1) is 9.65. The van der Waals surface area contributed by atoms with E-state index in [0.717, 1.165) is 23.7 Å². The molecular formula is C16H24IN3O. The number of fused-ring (bicyclic) bond motifs is 1. The largest absolute Gasteiger partial charge is 0.459 e. The molecule has 1 atom stereocenters. The Bertz CT molecular complexity index is 607. The van der Waals surface area contributed by atoms with Gasteiger partial charge in [0.1, 0.15) is 11.3 Å². The van der Waals surface area contributed by atoms with E-state index in [9.17, 15) is 0 Å². The van der Waals surface area contributed by atoms with Crippen molar-refractivity contribution in [3.8, 4) is 0 Å². The average molecular weight is 401 g/mol. The maximum absolute atomic E-state index is 5.88. The Labute approximate surface area is 143 Å². The van der Waals surface area contributed by atoms with Crippen LogP contribution in [-0.4, -0.2) is 19.0 Å². The first-order valence-electron chi connectivity index (χ1n) is 7.09. The van der Waals surface area contributed by atoms with Crippen molar-refractivity contribution in [2.24, 2.45) is 4.99 Å². The van der Waals surface area contributed by atoms with Gasteiger partial charge < -0.3 is 15.1 Å². The zero-order valence-corrected chi connectivity index (χ0v) is 15.4. The maximum Gasteiger partial charge on any atom is 0.191 e. The van der Waals surface area contributed by atoms with E-state index < -0.39 is 0 Å². The number of aryl methyl sites for hydroxylation is 1. The summed E-state index contributed by atoms with van der Waals surface area (Å²) >= 11 is 0. The van der Waals surface area contributed by atoms with Gasteiger partial charge >= 0.3 is 0 Å². The number of hydrogen-bond donors (Lipinski definition) is 2. The summed E-state index contributed by atoms with van der Waals surface area (Å²) in [5.74, 6) is 1.76. The van der Waals surface area contributed by atoms with Crippen LogP contribution < -0.4 is 10.6 Å². The van der Waals surface area contributed by atoms with Crippen molar-refractivity contribution in [1.82, 2.24) is 10.6 Å². The monoisotopic (exact) mass is 401 g/mol. The number of guanidine groups is 1. The van der Waals surface area contributed by atoms with E-state index in [1.807, 2.05) is 18.2 Å². The van der Waals surface area contributed by atoms with Crippen LogP contribution in [0, 0.1) is 6.92 Å². The molecule has 1 unspecified atom stereocenters. The molecule has 0 aliphatic carbocycles. The van der Waals surface area contributed by atoms with Crippen LogP contribution in [0.5, 0.6) is 0 Å². The average Bonchev–Trinajstić information content (AvgIpc) is 2.80. The number of para-hydroxylation sites is 1. The second-order valence-corrected chi connectivity index (χ2v) is 5.03. The summed E-state index contributed by atoms with van der Waals surface area (Å²) in [4.78, 5) is 4.23. The Morgan fingerprint density at radius 2 is 2.05 bits per heavy atom. The lowest BCUT2D eigenvalue weighted by atomic mass is 10.1. The summed E-state index contributed by atoms with van der Waals surface area (Å²) in [7, 11) is 1.78. The highest BCUT2D eigenvalue weighted by molar-refractivity contribution is 14.0. The van der Waals surface area contributed by atoms with Crippen LogP contribution in [0.2, 0.25) is 0 Å². The number of halogens is 1. The van der Waals surface area contributed by atoms with Crippen molar-refractivity contribution in [1.29, 1.82) is 0 Å². The molecule has 1 aromatic heterocycles. The van der Waals surface area contributed by atoms with Crippen molar-refractivity contribution in [2.75, 3.05) is 7.05 Å². The van der Waals surface area contributed by atoms with Gasteiger partial charge in [0.15, 0.2) is 5.96 Å². The van der Waals surface area contributed by atoms with Crippen molar-refractivity contribution in [3.63, 3.8) is 0 Å². The lowest BCUT2D eigenvalue weighted by molar-refractivity contribution is 0.531. The molecule has 21 heavy (non-hydrogen) atoms. The molecule has 0 fully saturated rings. The summed E-state index contributed by atoms with van der Waals surface area (Å²) in [5.41, 5.74) is 2.12. The molecule has 0 saturated heterocycles. The van der Waals surface area contributed by atoms with Crippen molar-refractivity contribution >= 4 is 40.9 Å². The van der Waals surface area contributed by atoms with Crippen molar-refractivity contribution < 1.29 is 4.42 Å². The fourth-order valence-corrected chi connectivity index (χ4v) is 2.09. The number of nitrogens with one attached hydrogen (secondary N) is 2. The summed E-state index contributed by atoms with van der Waals surface area (Å²) in [6, 6.07) is 8.51. The number of nitrogens with zero attached hydrogens (tertiary/aromatic N) is 1. The fraction of sp³-hybridized carbons (Fsp3) is 0.438. The lowest BCUT2D eigenvalue weighted by Crippen LogP contribution is -2.41. The highest BCUT2D eigenvalue weighted by atomic mass is 127. The van der Waals surface area contributed by atoms with Crippen LogP contribution in [0.15, 0.2) is 33.7 Å². The van der Waals surface area contributed by atoms with E-state index in [4.69, 9.17) is 4.42 Å². The topological polar surface area (TPSA) is 49.6 Å². The van der Waals surface area contributed by atoms with E-state index in [1.165, 1.54) is 10.9 Å². The SMILES string of the molecule is CCC(C)NC(=NC)NCc1oc2ccccc2c1C.I. The Hall–Kier alpha value is -1.24. The molecule has 116 valence electrons. The molecule has 0 aliphatic heterocycles. The molecule has 1 aromatic carbocycles. The summed E-state index contributed by atoms with van der Waals surface area (Å²) < 4.78 is 5.88. The predicted octanol–water partition coefficient (Wildman–Crippen LogP) is 3.82. The summed E-state index contributed by atoms with van der Waals surface area (Å²) in [6.07, 6.45) is 1.06. The normalized spacial score (nSPS) is 12.9. The minimum atomic E-state index is 0. The maximum atomic E-state index is 5.88. The van der Waals surface area contributed by atoms with Crippen LogP contribution >= 0.6 is 24.0 Å². The fourth-order valence-electron chi connectivity index (χ4n) is 2.09. The second-order valence-electron chi connectivity index (χ2n) is 5.03. The van der Waals surface area contributed by atoms with Crippen molar-refractivity contribution in [2.45, 2.75) is 39.8 Å². The van der Waals surface area contributed by atoms with Gasteiger partial charge in [-0.1, -0.05) is 25.1 Å². The van der Waals surface area contributed by atoms with Gasteiger partial charge in [-0.05, 0) is 26.3 Å². The minimum Gasteiger partial charge on any atom is -0.459 e. The predicted molar refractivity (Wildman–Crippen MR) is 99.5 cm³/mol. The zero-order chi connectivity index (χ0) is 14.5. The molecule has 1 heterocycles.